The fraction of sp³-hybridized carbons (Fsp3) is 0.727. The van der Waals surface area contributed by atoms with E-state index in [-0.39, 0.29) is 24.8 Å². The average Bonchev–Trinajstić information content (AvgIpc) is 2.56. The molecule has 0 bridgehead atoms. The summed E-state index contributed by atoms with van der Waals surface area (Å²) >= 11 is 0. The van der Waals surface area contributed by atoms with E-state index in [1.807, 2.05) is 6.92 Å². The molecule has 0 aromatic heterocycles. The van der Waals surface area contributed by atoms with Gasteiger partial charge in [0, 0.05) is 7.05 Å². The molecule has 2 amide bonds. The number of amides is 2. The molecule has 96 valence electrons. The number of imide groups is 1. The van der Waals surface area contributed by atoms with Crippen LogP contribution in [-0.2, 0) is 19.1 Å². The molecule has 0 N–H and O–H groups in total. The number of hydrogen-bond acceptors (Lipinski definition) is 5. The van der Waals surface area contributed by atoms with Crippen LogP contribution in [0.1, 0.15) is 19.8 Å². The summed E-state index contributed by atoms with van der Waals surface area (Å²) in [5.41, 5.74) is 0. The smallest absolute Gasteiger partial charge is 0.319 e. The maximum absolute atomic E-state index is 11.8. The maximum atomic E-state index is 11.8. The number of rotatable bonds is 5. The van der Waals surface area contributed by atoms with Crippen LogP contribution in [0.4, 0.5) is 0 Å². The molecular weight excluding hydrogens is 224 g/mol. The van der Waals surface area contributed by atoms with E-state index in [2.05, 4.69) is 4.74 Å². The third kappa shape index (κ3) is 3.03. The summed E-state index contributed by atoms with van der Waals surface area (Å²) < 4.78 is 4.59. The first-order chi connectivity index (χ1) is 8.01. The molecule has 1 aliphatic rings. The first kappa shape index (κ1) is 13.6. The number of likely N-dealkylation sites (tertiary alicyclic amines) is 1. The van der Waals surface area contributed by atoms with Crippen molar-refractivity contribution < 1.29 is 19.1 Å². The van der Waals surface area contributed by atoms with E-state index < -0.39 is 12.0 Å². The monoisotopic (exact) mass is 242 g/mol. The van der Waals surface area contributed by atoms with Crippen molar-refractivity contribution in [3.8, 4) is 0 Å². The molecule has 1 aliphatic heterocycles. The van der Waals surface area contributed by atoms with Crippen LogP contribution in [0.3, 0.4) is 0 Å². The first-order valence-corrected chi connectivity index (χ1v) is 5.62. The Balaban J connectivity index is 2.74. The number of carbonyl (C=O) groups is 3. The van der Waals surface area contributed by atoms with Gasteiger partial charge in [0.15, 0.2) is 0 Å². The average molecular weight is 242 g/mol. The van der Waals surface area contributed by atoms with Gasteiger partial charge in [-0.15, -0.1) is 0 Å². The fourth-order valence-electron chi connectivity index (χ4n) is 1.88. The molecular formula is C11H18N2O4. The predicted molar refractivity (Wildman–Crippen MR) is 60.1 cm³/mol. The summed E-state index contributed by atoms with van der Waals surface area (Å²) in [5, 5.41) is 0. The fourth-order valence-corrected chi connectivity index (χ4v) is 1.88. The van der Waals surface area contributed by atoms with Crippen molar-refractivity contribution in [2.75, 3.05) is 27.2 Å². The third-order valence-electron chi connectivity index (χ3n) is 2.87. The number of esters is 1. The molecule has 0 aromatic rings. The minimum Gasteiger partial charge on any atom is -0.468 e. The molecule has 1 rings (SSSR count). The molecule has 0 spiro atoms. The van der Waals surface area contributed by atoms with Crippen LogP contribution < -0.4 is 0 Å². The highest BCUT2D eigenvalue weighted by molar-refractivity contribution is 6.05. The lowest BCUT2D eigenvalue weighted by molar-refractivity contribution is -0.143. The van der Waals surface area contributed by atoms with Gasteiger partial charge in [-0.1, -0.05) is 6.92 Å². The molecule has 1 fully saturated rings. The number of hydrogen-bond donors (Lipinski definition) is 0. The Kier molecular flexibility index (Phi) is 4.62. The van der Waals surface area contributed by atoms with E-state index in [4.69, 9.17) is 0 Å². The molecule has 1 heterocycles. The Morgan fingerprint density at radius 2 is 2.18 bits per heavy atom. The van der Waals surface area contributed by atoms with E-state index >= 15 is 0 Å². The van der Waals surface area contributed by atoms with Crippen LogP contribution in [0.5, 0.6) is 0 Å². The highest BCUT2D eigenvalue weighted by Gasteiger charge is 2.40. The number of ether oxygens (including phenoxy) is 1. The Morgan fingerprint density at radius 3 is 2.59 bits per heavy atom. The van der Waals surface area contributed by atoms with Crippen molar-refractivity contribution in [1.82, 2.24) is 9.80 Å². The summed E-state index contributed by atoms with van der Waals surface area (Å²) in [6.07, 6.45) is 0.949. The molecule has 17 heavy (non-hydrogen) atoms. The van der Waals surface area contributed by atoms with E-state index in [0.29, 0.717) is 6.54 Å². The summed E-state index contributed by atoms with van der Waals surface area (Å²) in [6.45, 7) is 2.59. The lowest BCUT2D eigenvalue weighted by Gasteiger charge is -2.25. The first-order valence-electron chi connectivity index (χ1n) is 5.62. The molecule has 0 radical (unpaired) electrons. The standard InChI is InChI=1S/C11H18N2O4/c1-4-5-13(7-10(15)17-3)8-6-9(14)12(2)11(8)16/h8H,4-7H2,1-3H3. The van der Waals surface area contributed by atoms with E-state index in [1.165, 1.54) is 14.2 Å². The summed E-state index contributed by atoms with van der Waals surface area (Å²) in [4.78, 5) is 37.3. The summed E-state index contributed by atoms with van der Waals surface area (Å²) in [7, 11) is 2.77. The molecule has 0 saturated carbocycles. The second kappa shape index (κ2) is 5.77. The Morgan fingerprint density at radius 1 is 1.53 bits per heavy atom. The lowest BCUT2D eigenvalue weighted by atomic mass is 10.2. The maximum Gasteiger partial charge on any atom is 0.319 e. The topological polar surface area (TPSA) is 66.9 Å². The van der Waals surface area contributed by atoms with Gasteiger partial charge in [0.1, 0.15) is 0 Å². The molecule has 1 saturated heterocycles. The minimum absolute atomic E-state index is 0.0435. The van der Waals surface area contributed by atoms with Crippen molar-refractivity contribution in [3.05, 3.63) is 0 Å². The zero-order valence-corrected chi connectivity index (χ0v) is 10.4. The molecule has 6 nitrogen and oxygen atoms in total. The van der Waals surface area contributed by atoms with Crippen LogP contribution in [0.2, 0.25) is 0 Å². The van der Waals surface area contributed by atoms with Gasteiger partial charge in [0.25, 0.3) is 0 Å². The Labute approximate surface area is 101 Å². The van der Waals surface area contributed by atoms with E-state index in [9.17, 15) is 14.4 Å². The Hall–Kier alpha value is -1.43. The largest absolute Gasteiger partial charge is 0.468 e. The van der Waals surface area contributed by atoms with Crippen molar-refractivity contribution in [3.63, 3.8) is 0 Å². The molecule has 0 aromatic carbocycles. The molecule has 0 aliphatic carbocycles. The summed E-state index contributed by atoms with van der Waals surface area (Å²) in [6, 6.07) is -0.522. The van der Waals surface area contributed by atoms with Crippen molar-refractivity contribution in [2.24, 2.45) is 0 Å². The lowest BCUT2D eigenvalue weighted by Crippen LogP contribution is -2.44. The summed E-state index contributed by atoms with van der Waals surface area (Å²) in [5.74, 6) is -0.841. The van der Waals surface area contributed by atoms with Gasteiger partial charge in [-0.05, 0) is 13.0 Å². The predicted octanol–water partition coefficient (Wildman–Crippen LogP) is -0.371. The molecule has 1 unspecified atom stereocenters. The van der Waals surface area contributed by atoms with Crippen LogP contribution >= 0.6 is 0 Å². The normalized spacial score (nSPS) is 20.2. The quantitative estimate of drug-likeness (QED) is 0.486. The van der Waals surface area contributed by atoms with E-state index in [0.717, 1.165) is 11.3 Å². The molecule has 6 heteroatoms. The second-order valence-corrected chi connectivity index (χ2v) is 4.06. The minimum atomic E-state index is -0.522. The van der Waals surface area contributed by atoms with Gasteiger partial charge in [-0.3, -0.25) is 24.2 Å². The Bertz CT molecular complexity index is 329. The molecule has 1 atom stereocenters. The number of carbonyl (C=O) groups excluding carboxylic acids is 3. The van der Waals surface area contributed by atoms with Crippen molar-refractivity contribution in [1.29, 1.82) is 0 Å². The van der Waals surface area contributed by atoms with Crippen LogP contribution in [0, 0.1) is 0 Å². The van der Waals surface area contributed by atoms with Gasteiger partial charge in [-0.25, -0.2) is 0 Å². The van der Waals surface area contributed by atoms with Gasteiger partial charge < -0.3 is 4.74 Å². The SMILES string of the molecule is CCCN(CC(=O)OC)C1CC(=O)N(C)C1=O. The van der Waals surface area contributed by atoms with Crippen molar-refractivity contribution >= 4 is 17.8 Å². The van der Waals surface area contributed by atoms with Gasteiger partial charge in [0.2, 0.25) is 11.8 Å². The zero-order chi connectivity index (χ0) is 13.0. The van der Waals surface area contributed by atoms with Gasteiger partial charge >= 0.3 is 5.97 Å². The van der Waals surface area contributed by atoms with Crippen molar-refractivity contribution in [2.45, 2.75) is 25.8 Å². The highest BCUT2D eigenvalue weighted by Crippen LogP contribution is 2.17. The van der Waals surface area contributed by atoms with Crippen LogP contribution in [0.25, 0.3) is 0 Å². The van der Waals surface area contributed by atoms with Crippen LogP contribution in [0.15, 0.2) is 0 Å². The highest BCUT2D eigenvalue weighted by atomic mass is 16.5. The zero-order valence-electron chi connectivity index (χ0n) is 10.4. The third-order valence-corrected chi connectivity index (χ3v) is 2.87. The van der Waals surface area contributed by atoms with Gasteiger partial charge in [0.05, 0.1) is 26.1 Å². The second-order valence-electron chi connectivity index (χ2n) is 4.06. The number of methoxy groups -OCH3 is 1. The number of nitrogens with zero attached hydrogens (tertiary/aromatic N) is 2. The van der Waals surface area contributed by atoms with E-state index in [1.54, 1.807) is 4.90 Å². The van der Waals surface area contributed by atoms with Crippen LogP contribution in [-0.4, -0.2) is 60.9 Å². The van der Waals surface area contributed by atoms with Gasteiger partial charge in [-0.2, -0.15) is 0 Å². The number of likely N-dealkylation sites (N-methyl/N-ethyl adjacent to an activating group) is 1.